The summed E-state index contributed by atoms with van der Waals surface area (Å²) in [7, 11) is 0. The number of thiazole rings is 1. The minimum atomic E-state index is -3.53. The molecule has 0 spiro atoms. The lowest BCUT2D eigenvalue weighted by Gasteiger charge is -2.54. The molecule has 42 heteroatoms. The summed E-state index contributed by atoms with van der Waals surface area (Å²) in [6.45, 7) is -0.746. The number of amides is 4. The Morgan fingerprint density at radius 2 is 1.14 bits per heavy atom. The number of quaternary nitrogens is 1. The summed E-state index contributed by atoms with van der Waals surface area (Å²) >= 11 is 2.23. The first-order chi connectivity index (χ1) is 52.5. The van der Waals surface area contributed by atoms with E-state index in [2.05, 4.69) is 33.2 Å². The number of nitrogens with zero attached hydrogens (tertiary/aromatic N) is 1. The maximum atomic E-state index is 13.7. The van der Waals surface area contributed by atoms with Crippen molar-refractivity contribution in [3.63, 3.8) is 0 Å². The van der Waals surface area contributed by atoms with Crippen molar-refractivity contribution in [3.05, 3.63) is 17.0 Å². The van der Waals surface area contributed by atoms with Crippen LogP contribution in [0.25, 0.3) is 0 Å². The fraction of sp³-hybridized carbons (Fsp3) is 0.841. The zero-order chi connectivity index (χ0) is 81.1. The van der Waals surface area contributed by atoms with E-state index >= 15 is 0 Å². The highest BCUT2D eigenvalue weighted by Crippen LogP contribution is 2.41. The Labute approximate surface area is 650 Å². The van der Waals surface area contributed by atoms with Gasteiger partial charge < -0.3 is 171 Å². The number of rotatable bonds is 46. The molecule has 0 bridgehead atoms. The lowest BCUT2D eigenvalue weighted by atomic mass is 9.88. The third-order valence-electron chi connectivity index (χ3n) is 19.4. The summed E-state index contributed by atoms with van der Waals surface area (Å²) in [5.41, 5.74) is 0. The molecule has 640 valence electrons. The van der Waals surface area contributed by atoms with Crippen LogP contribution in [0, 0.1) is 0 Å². The van der Waals surface area contributed by atoms with Gasteiger partial charge in [-0.25, -0.2) is 9.78 Å². The van der Waals surface area contributed by atoms with Gasteiger partial charge in [0.05, 0.1) is 70.5 Å². The van der Waals surface area contributed by atoms with Gasteiger partial charge in [-0.05, 0) is 19.6 Å². The fourth-order valence-electron chi connectivity index (χ4n) is 13.4. The molecule has 40 nitrogen and oxygen atoms in total. The highest BCUT2D eigenvalue weighted by Gasteiger charge is 2.61. The Morgan fingerprint density at radius 3 is 1.69 bits per heavy atom. The number of aromatic nitrogens is 1. The lowest BCUT2D eigenvalue weighted by Crippen LogP contribution is -2.73. The molecule has 1 aromatic heterocycles. The standard InChI is InChI=1S/C69H115N5O34S2.H3N/c1-6-8-9-10-11-12-13-14-15-16-17-18-19-20-21-24-43(85)72-35(36(82)23-22-25-44(86)73-61-60(62(95)98-7-2)110-68(74-61)109-5)32-99-64-53(93)51(91)55(41(30-78)102-64)104-66-54(94)59(108-69(67(96)97)26-37(83)45(70-33(3)80)58(107-69)47(87)38(84)27-75)56(42(31-79)103-66)105-63-46(71-34(4)81)57(49(89)40(29-77)100-63)106-65-52(92)50(90)48(88)39(28-76)101-65;/h22-23,35-42,45-59,63-66,75-79,82-84,87-94H,6-21,24-32H2,1-5H3,(H,70,80)(H,71,81)(H,72,85)(H,73,86)(H,96,97);1H3/b23-22+;/t35-,36+,37-,38+,39+,40+,41+,42+,45?,46+,47+,48-,49-,50-,51+,52+,53+,54+,55+,56-,57+,58?,59+,63-,64+,65-,66-,69-;/m0./s1. The van der Waals surface area contributed by atoms with Gasteiger partial charge in [-0.15, -0.1) is 0 Å². The number of ether oxygens (including phenoxy) is 11. The number of nitrogens with one attached hydrogen (secondary N) is 4. The van der Waals surface area contributed by atoms with Gasteiger partial charge in [-0.3, -0.25) is 19.2 Å². The topological polar surface area (TPSA) is 648 Å². The molecule has 5 aliphatic rings. The molecule has 111 heavy (non-hydrogen) atoms. The van der Waals surface area contributed by atoms with Crippen molar-refractivity contribution in [1.82, 2.24) is 27.1 Å². The van der Waals surface area contributed by atoms with Gasteiger partial charge in [-0.1, -0.05) is 132 Å². The number of aliphatic hydroxyl groups excluding tert-OH is 16. The third kappa shape index (κ3) is 27.3. The van der Waals surface area contributed by atoms with Crippen molar-refractivity contribution in [1.29, 1.82) is 0 Å². The van der Waals surface area contributed by atoms with Crippen molar-refractivity contribution < 1.29 is 168 Å². The molecular weight excluding hydrogens is 1520 g/mol. The smallest absolute Gasteiger partial charge is 0.352 e. The number of esters is 1. The van der Waals surface area contributed by atoms with Crippen molar-refractivity contribution in [2.75, 3.05) is 57.8 Å². The summed E-state index contributed by atoms with van der Waals surface area (Å²) in [6.07, 6.45) is -32.5. The minimum Gasteiger partial charge on any atom is -0.544 e. The van der Waals surface area contributed by atoms with Gasteiger partial charge in [0.2, 0.25) is 29.4 Å². The molecule has 1 aromatic rings. The van der Waals surface area contributed by atoms with Gasteiger partial charge in [0.15, 0.2) is 40.2 Å². The number of carbonyl (C=O) groups excluding carboxylic acids is 6. The van der Waals surface area contributed by atoms with E-state index in [1.165, 1.54) is 75.3 Å². The number of carbonyl (C=O) groups is 6. The predicted molar refractivity (Wildman–Crippen MR) is 384 cm³/mol. The van der Waals surface area contributed by atoms with E-state index in [0.29, 0.717) is 17.2 Å². The van der Waals surface area contributed by atoms with Crippen molar-refractivity contribution >= 4 is 64.5 Å². The fourth-order valence-corrected chi connectivity index (χ4v) is 14.9. The van der Waals surface area contributed by atoms with E-state index in [1.54, 1.807) is 13.2 Å². The summed E-state index contributed by atoms with van der Waals surface area (Å²) in [5.74, 6) is -9.80. The maximum Gasteiger partial charge on any atom is 0.352 e. The zero-order valence-electron chi connectivity index (χ0n) is 63.2. The van der Waals surface area contributed by atoms with Gasteiger partial charge in [0.25, 0.3) is 0 Å². The molecule has 5 fully saturated rings. The van der Waals surface area contributed by atoms with Gasteiger partial charge in [0, 0.05) is 33.1 Å². The molecule has 0 saturated carbocycles. The molecule has 4 amide bonds. The summed E-state index contributed by atoms with van der Waals surface area (Å²) in [5, 5.41) is 202. The van der Waals surface area contributed by atoms with E-state index in [0.717, 1.165) is 57.3 Å². The summed E-state index contributed by atoms with van der Waals surface area (Å²) in [6, 6.07) is -5.16. The number of aliphatic hydroxyl groups is 16. The summed E-state index contributed by atoms with van der Waals surface area (Å²) < 4.78 is 65.1. The molecule has 28 atom stereocenters. The van der Waals surface area contributed by atoms with E-state index in [9.17, 15) is 116 Å². The molecule has 0 radical (unpaired) electrons. The van der Waals surface area contributed by atoms with Gasteiger partial charge in [0.1, 0.15) is 122 Å². The predicted octanol–water partition coefficient (Wildman–Crippen LogP) is -5.32. The van der Waals surface area contributed by atoms with Crippen LogP contribution in [0.4, 0.5) is 5.82 Å². The Morgan fingerprint density at radius 1 is 0.622 bits per heavy atom. The van der Waals surface area contributed by atoms with E-state index in [1.807, 2.05) is 0 Å². The van der Waals surface area contributed by atoms with Gasteiger partial charge in [-0.2, -0.15) is 0 Å². The van der Waals surface area contributed by atoms with Crippen LogP contribution >= 0.6 is 23.1 Å². The van der Waals surface area contributed by atoms with Gasteiger partial charge >= 0.3 is 5.97 Å². The first-order valence-electron chi connectivity index (χ1n) is 37.3. The monoisotopic (exact) mass is 1640 g/mol. The number of anilines is 1. The number of unbranched alkanes of at least 4 members (excludes halogenated alkanes) is 14. The largest absolute Gasteiger partial charge is 0.544 e. The molecule has 0 aliphatic carbocycles. The molecule has 6 rings (SSSR count). The number of hydrogen-bond donors (Lipinski definition) is 21. The molecule has 0 aromatic carbocycles. The third-order valence-corrected chi connectivity index (χ3v) is 21.4. The Bertz CT molecular complexity index is 2990. The van der Waals surface area contributed by atoms with Crippen LogP contribution in [0.15, 0.2) is 16.5 Å². The van der Waals surface area contributed by atoms with Crippen LogP contribution in [0.2, 0.25) is 0 Å². The SMILES string of the molecule is CCCCCCCCCCCCCCCCCC(=O)N[C@@H](CO[C@@H]1O[C@H](CO)[C@@H](O[C@@H]2O[C@H](CO)[C@H](O[C@@H]3O[C@H](CO)[C@H](O)[C@H](O[C@@H]4O[C@H](CO)[C@H](O)[C@H](O)[C@H]4O)[C@H]3NC(C)=O)[C@H](O[C@]3(C(=O)[O-])C[C@H](O)C(NC(C)=O)C([C@H](O)[C@H](O)CO)O3)[C@H]2O)[C@H](O)[C@H]1O)[C@H](O)/C=C/CC(=O)Nc1nc(SC)sc1C(=O)OCC.[NH4+]. The first kappa shape index (κ1) is 97.0. The quantitative estimate of drug-likeness (QED) is 0.0125. The average Bonchev–Trinajstić information content (AvgIpc) is 1.22. The first-order valence-corrected chi connectivity index (χ1v) is 39.3. The second-order valence-electron chi connectivity index (χ2n) is 27.8. The van der Waals surface area contributed by atoms with E-state index < -0.39 is 259 Å². The van der Waals surface area contributed by atoms with Crippen LogP contribution in [0.3, 0.4) is 0 Å². The second-order valence-corrected chi connectivity index (χ2v) is 29.8. The lowest BCUT2D eigenvalue weighted by molar-refractivity contribution is -0.421. The highest BCUT2D eigenvalue weighted by molar-refractivity contribution is 8.00. The second kappa shape index (κ2) is 48.2. The number of carboxylic acids is 1. The van der Waals surface area contributed by atoms with Crippen molar-refractivity contribution in [2.24, 2.45) is 0 Å². The minimum absolute atomic E-state index is 0. The Kier molecular flexibility index (Phi) is 42.2. The number of carboxylic acid groups (broad SMARTS) is 1. The van der Waals surface area contributed by atoms with Crippen LogP contribution in [0.1, 0.15) is 153 Å². The maximum absolute atomic E-state index is 13.7. The molecule has 5 aliphatic heterocycles. The highest BCUT2D eigenvalue weighted by atomic mass is 32.2. The Hall–Kier alpha value is -4.54. The number of aliphatic carboxylic acids is 1. The van der Waals surface area contributed by atoms with E-state index in [4.69, 9.17) is 52.1 Å². The molecule has 24 N–H and O–H groups in total. The van der Waals surface area contributed by atoms with E-state index in [-0.39, 0.29) is 29.9 Å². The normalized spacial score (nSPS) is 33.5. The Balaban J connectivity index is 0.0000220. The van der Waals surface area contributed by atoms with Crippen molar-refractivity contribution in [2.45, 2.75) is 319 Å². The number of thioether (sulfide) groups is 1. The number of hydrogen-bond acceptors (Lipinski definition) is 37. The molecule has 6 heterocycles. The molecule has 2 unspecified atom stereocenters. The average molecular weight is 1640 g/mol. The molecule has 5 saturated heterocycles. The zero-order valence-corrected chi connectivity index (χ0v) is 64.8. The molecular formula is C69H118N6O34S2. The summed E-state index contributed by atoms with van der Waals surface area (Å²) in [4.78, 5) is 83.2. The van der Waals surface area contributed by atoms with Crippen LogP contribution in [-0.4, -0.2) is 346 Å². The van der Waals surface area contributed by atoms with Crippen LogP contribution in [-0.2, 0) is 76.1 Å². The van der Waals surface area contributed by atoms with Crippen LogP contribution < -0.4 is 32.5 Å². The van der Waals surface area contributed by atoms with Crippen molar-refractivity contribution in [3.8, 4) is 0 Å². The van der Waals surface area contributed by atoms with Crippen LogP contribution in [0.5, 0.6) is 0 Å².